The molecule has 0 radical (unpaired) electrons. The summed E-state index contributed by atoms with van der Waals surface area (Å²) < 4.78 is 11.1. The van der Waals surface area contributed by atoms with E-state index in [-0.39, 0.29) is 10.7 Å². The molecule has 0 spiro atoms. The first-order valence-electron chi connectivity index (χ1n) is 7.62. The average molecular weight is 348 g/mol. The van der Waals surface area contributed by atoms with Gasteiger partial charge in [-0.1, -0.05) is 0 Å². The lowest BCUT2D eigenvalue weighted by molar-refractivity contribution is -0.132. The molecule has 1 aromatic carbocycles. The fourth-order valence-electron chi connectivity index (χ4n) is 2.30. The monoisotopic (exact) mass is 348 g/mol. The molecule has 2 rings (SSSR count). The molecule has 1 fully saturated rings. The van der Waals surface area contributed by atoms with Crippen LogP contribution in [0.2, 0.25) is 0 Å². The Hall–Kier alpha value is -2.41. The zero-order chi connectivity index (χ0) is 17.9. The highest BCUT2D eigenvalue weighted by atomic mass is 32.1. The van der Waals surface area contributed by atoms with Crippen molar-refractivity contribution >= 4 is 35.2 Å². The minimum Gasteiger partial charge on any atom is -0.494 e. The highest BCUT2D eigenvalue weighted by molar-refractivity contribution is 7.80. The summed E-state index contributed by atoms with van der Waals surface area (Å²) in [7, 11) is 3.09. The maximum atomic E-state index is 12.4. The third-order valence-corrected chi connectivity index (χ3v) is 4.09. The number of hydrogen-bond acceptors (Lipinski definition) is 5. The summed E-state index contributed by atoms with van der Waals surface area (Å²) >= 11 is 5.08. The zero-order valence-corrected chi connectivity index (χ0v) is 15.0. The van der Waals surface area contributed by atoms with Gasteiger partial charge in [-0.2, -0.15) is 0 Å². The molecule has 2 amide bonds. The fourth-order valence-corrected chi connectivity index (χ4v) is 2.47. The molecule has 0 atom stereocenters. The standard InChI is InChI=1S/C17H20N2O4S/c1-5-22-12-8-7-11(14(10-12)23-6-2)9-13-15(20)18(3)17(24)19(4)16(13)21/h7-10H,5-6H2,1-4H3. The zero-order valence-electron chi connectivity index (χ0n) is 14.2. The smallest absolute Gasteiger partial charge is 0.265 e. The molecular formula is C17H20N2O4S. The van der Waals surface area contributed by atoms with Crippen molar-refractivity contribution in [1.29, 1.82) is 0 Å². The maximum Gasteiger partial charge on any atom is 0.265 e. The van der Waals surface area contributed by atoms with Gasteiger partial charge in [-0.25, -0.2) is 0 Å². The lowest BCUT2D eigenvalue weighted by Gasteiger charge is -2.31. The van der Waals surface area contributed by atoms with E-state index >= 15 is 0 Å². The molecule has 0 bridgehead atoms. The van der Waals surface area contributed by atoms with Crippen LogP contribution in [0.4, 0.5) is 0 Å². The Kier molecular flexibility index (Phi) is 5.56. The van der Waals surface area contributed by atoms with E-state index in [1.165, 1.54) is 15.9 Å². The van der Waals surface area contributed by atoms with Crippen LogP contribution < -0.4 is 9.47 Å². The normalized spacial score (nSPS) is 15.0. The van der Waals surface area contributed by atoms with Gasteiger partial charge in [0.25, 0.3) is 11.8 Å². The predicted molar refractivity (Wildman–Crippen MR) is 94.9 cm³/mol. The number of thiocarbonyl (C=S) groups is 1. The van der Waals surface area contributed by atoms with E-state index in [1.54, 1.807) is 32.3 Å². The molecule has 24 heavy (non-hydrogen) atoms. The predicted octanol–water partition coefficient (Wildman–Crippen LogP) is 2.08. The van der Waals surface area contributed by atoms with Crippen LogP contribution in [0.1, 0.15) is 19.4 Å². The van der Waals surface area contributed by atoms with E-state index in [2.05, 4.69) is 0 Å². The molecule has 0 saturated carbocycles. The van der Waals surface area contributed by atoms with Crippen LogP contribution in [0.3, 0.4) is 0 Å². The molecule has 1 aliphatic rings. The van der Waals surface area contributed by atoms with Gasteiger partial charge >= 0.3 is 0 Å². The molecule has 1 aliphatic heterocycles. The second-order valence-electron chi connectivity index (χ2n) is 5.13. The topological polar surface area (TPSA) is 59.1 Å². The van der Waals surface area contributed by atoms with E-state index in [0.717, 1.165) is 0 Å². The highest BCUT2D eigenvalue weighted by Gasteiger charge is 2.35. The fraction of sp³-hybridized carbons (Fsp3) is 0.353. The quantitative estimate of drug-likeness (QED) is 0.463. The van der Waals surface area contributed by atoms with Crippen molar-refractivity contribution in [1.82, 2.24) is 9.80 Å². The summed E-state index contributed by atoms with van der Waals surface area (Å²) in [5.74, 6) is 0.355. The van der Waals surface area contributed by atoms with Gasteiger partial charge in [-0.15, -0.1) is 0 Å². The number of rotatable bonds is 5. The van der Waals surface area contributed by atoms with E-state index in [1.807, 2.05) is 13.8 Å². The van der Waals surface area contributed by atoms with Gasteiger partial charge in [0, 0.05) is 25.7 Å². The van der Waals surface area contributed by atoms with Gasteiger partial charge in [0.05, 0.1) is 13.2 Å². The van der Waals surface area contributed by atoms with Gasteiger partial charge in [0.15, 0.2) is 5.11 Å². The molecule has 128 valence electrons. The molecule has 1 aromatic rings. The minimum absolute atomic E-state index is 0.0405. The SMILES string of the molecule is CCOc1ccc(C=C2C(=O)N(C)C(=S)N(C)C2=O)c(OCC)c1. The second kappa shape index (κ2) is 7.44. The molecule has 0 aliphatic carbocycles. The minimum atomic E-state index is -0.431. The van der Waals surface area contributed by atoms with Crippen molar-refractivity contribution in [3.63, 3.8) is 0 Å². The number of carbonyl (C=O) groups excluding carboxylic acids is 2. The first kappa shape index (κ1) is 17.9. The van der Waals surface area contributed by atoms with Crippen LogP contribution in [0.5, 0.6) is 11.5 Å². The lowest BCUT2D eigenvalue weighted by Crippen LogP contribution is -2.52. The highest BCUT2D eigenvalue weighted by Crippen LogP contribution is 2.28. The van der Waals surface area contributed by atoms with E-state index < -0.39 is 11.8 Å². The number of likely N-dealkylation sites (N-methyl/N-ethyl adjacent to an activating group) is 2. The number of amides is 2. The van der Waals surface area contributed by atoms with Crippen molar-refractivity contribution in [3.05, 3.63) is 29.3 Å². The summed E-state index contributed by atoms with van der Waals surface area (Å²) in [6.07, 6.45) is 1.53. The van der Waals surface area contributed by atoms with Crippen LogP contribution in [-0.4, -0.2) is 54.0 Å². The number of carbonyl (C=O) groups is 2. The molecule has 0 unspecified atom stereocenters. The Balaban J connectivity index is 2.47. The molecule has 1 saturated heterocycles. The van der Waals surface area contributed by atoms with Crippen LogP contribution in [0.15, 0.2) is 23.8 Å². The van der Waals surface area contributed by atoms with Crippen LogP contribution in [0, 0.1) is 0 Å². The molecular weight excluding hydrogens is 328 g/mol. The Morgan fingerprint density at radius 3 is 2.17 bits per heavy atom. The Morgan fingerprint density at radius 1 is 1.04 bits per heavy atom. The van der Waals surface area contributed by atoms with Gasteiger partial charge in [0.1, 0.15) is 17.1 Å². The first-order valence-corrected chi connectivity index (χ1v) is 8.02. The Morgan fingerprint density at radius 2 is 1.62 bits per heavy atom. The third kappa shape index (κ3) is 3.41. The molecule has 7 heteroatoms. The van der Waals surface area contributed by atoms with Crippen molar-refractivity contribution in [3.8, 4) is 11.5 Å². The van der Waals surface area contributed by atoms with Gasteiger partial charge in [-0.05, 0) is 44.3 Å². The Bertz CT molecular complexity index is 689. The van der Waals surface area contributed by atoms with Crippen LogP contribution in [0.25, 0.3) is 6.08 Å². The van der Waals surface area contributed by atoms with E-state index in [0.29, 0.717) is 30.3 Å². The molecule has 0 aromatic heterocycles. The third-order valence-electron chi connectivity index (χ3n) is 3.54. The number of nitrogens with zero attached hydrogens (tertiary/aromatic N) is 2. The molecule has 6 nitrogen and oxygen atoms in total. The maximum absolute atomic E-state index is 12.4. The number of benzene rings is 1. The average Bonchev–Trinajstić information content (AvgIpc) is 2.57. The van der Waals surface area contributed by atoms with Gasteiger partial charge in [0.2, 0.25) is 0 Å². The molecule has 1 heterocycles. The lowest BCUT2D eigenvalue weighted by atomic mass is 10.1. The second-order valence-corrected chi connectivity index (χ2v) is 5.50. The van der Waals surface area contributed by atoms with Crippen molar-refractivity contribution in [2.24, 2.45) is 0 Å². The summed E-state index contributed by atoms with van der Waals surface area (Å²) in [5, 5.41) is 0.180. The van der Waals surface area contributed by atoms with Gasteiger partial charge in [-0.3, -0.25) is 19.4 Å². The summed E-state index contributed by atoms with van der Waals surface area (Å²) in [4.78, 5) is 27.3. The van der Waals surface area contributed by atoms with Crippen molar-refractivity contribution < 1.29 is 19.1 Å². The van der Waals surface area contributed by atoms with Gasteiger partial charge < -0.3 is 9.47 Å². The molecule has 0 N–H and O–H groups in total. The van der Waals surface area contributed by atoms with Crippen LogP contribution in [-0.2, 0) is 9.59 Å². The number of hydrogen-bond donors (Lipinski definition) is 0. The summed E-state index contributed by atoms with van der Waals surface area (Å²) in [6, 6.07) is 5.28. The van der Waals surface area contributed by atoms with Crippen molar-refractivity contribution in [2.45, 2.75) is 13.8 Å². The first-order chi connectivity index (χ1) is 11.4. The Labute approximate surface area is 146 Å². The van der Waals surface area contributed by atoms with Crippen molar-refractivity contribution in [2.75, 3.05) is 27.3 Å². The summed E-state index contributed by atoms with van der Waals surface area (Å²) in [5.41, 5.74) is 0.672. The largest absolute Gasteiger partial charge is 0.494 e. The van der Waals surface area contributed by atoms with E-state index in [4.69, 9.17) is 21.7 Å². The number of ether oxygens (including phenoxy) is 2. The van der Waals surface area contributed by atoms with E-state index in [9.17, 15) is 9.59 Å². The summed E-state index contributed by atoms with van der Waals surface area (Å²) in [6.45, 7) is 4.75. The van der Waals surface area contributed by atoms with Crippen LogP contribution >= 0.6 is 12.2 Å².